The molecule has 2 rings (SSSR count). The largest absolute Gasteiger partial charge is 0.508 e. The van der Waals surface area contributed by atoms with E-state index < -0.39 is 0 Å². The molecule has 3 heteroatoms. The van der Waals surface area contributed by atoms with Gasteiger partial charge in [0.05, 0.1) is 0 Å². The van der Waals surface area contributed by atoms with Gasteiger partial charge in [-0.15, -0.1) is 0 Å². The van der Waals surface area contributed by atoms with Gasteiger partial charge < -0.3 is 9.52 Å². The van der Waals surface area contributed by atoms with E-state index in [0.717, 1.165) is 23.9 Å². The molecule has 1 heterocycles. The molecule has 0 radical (unpaired) electrons. The van der Waals surface area contributed by atoms with Crippen molar-refractivity contribution in [2.24, 2.45) is 0 Å². The van der Waals surface area contributed by atoms with Gasteiger partial charge in [0.1, 0.15) is 11.3 Å². The van der Waals surface area contributed by atoms with Crippen LogP contribution in [0, 0.1) is 6.92 Å². The van der Waals surface area contributed by atoms with Crippen LogP contribution in [0.5, 0.6) is 5.75 Å². The first-order chi connectivity index (χ1) is 8.00. The quantitative estimate of drug-likeness (QED) is 0.874. The lowest BCUT2D eigenvalue weighted by molar-refractivity contribution is 0.398. The second-order valence-electron chi connectivity index (χ2n) is 4.84. The summed E-state index contributed by atoms with van der Waals surface area (Å²) < 4.78 is 5.41. The summed E-state index contributed by atoms with van der Waals surface area (Å²) in [6.07, 6.45) is 1.97. The second-order valence-corrected chi connectivity index (χ2v) is 4.84. The minimum Gasteiger partial charge on any atom is -0.508 e. The molecule has 92 valence electrons. The van der Waals surface area contributed by atoms with Crippen LogP contribution in [0.15, 0.2) is 16.5 Å². The lowest BCUT2D eigenvalue weighted by Crippen LogP contribution is -2.19. The van der Waals surface area contributed by atoms with Gasteiger partial charge in [0, 0.05) is 18.6 Å². The lowest BCUT2D eigenvalue weighted by Gasteiger charge is -2.27. The molecule has 17 heavy (non-hydrogen) atoms. The summed E-state index contributed by atoms with van der Waals surface area (Å²) >= 11 is 0. The SMILES string of the molecule is CCC(C)(CC)c1cc2nc(C)oc2cc1O. The maximum absolute atomic E-state index is 10.1. The first-order valence-corrected chi connectivity index (χ1v) is 6.11. The van der Waals surface area contributed by atoms with Crippen LogP contribution in [-0.4, -0.2) is 10.1 Å². The molecule has 1 aromatic carbocycles. The summed E-state index contributed by atoms with van der Waals surface area (Å²) in [4.78, 5) is 4.32. The monoisotopic (exact) mass is 233 g/mol. The Morgan fingerprint density at radius 1 is 1.29 bits per heavy atom. The fourth-order valence-electron chi connectivity index (χ4n) is 2.19. The normalized spacial score (nSPS) is 12.2. The van der Waals surface area contributed by atoms with Crippen molar-refractivity contribution in [3.63, 3.8) is 0 Å². The molecular formula is C14H19NO2. The Morgan fingerprint density at radius 2 is 1.94 bits per heavy atom. The Bertz CT molecular complexity index is 538. The molecule has 0 aliphatic heterocycles. The standard InChI is InChI=1S/C14H19NO2/c1-5-14(4,6-2)10-7-11-13(8-12(10)16)17-9(3)15-11/h7-8,16H,5-6H2,1-4H3. The molecule has 0 atom stereocenters. The van der Waals surface area contributed by atoms with E-state index >= 15 is 0 Å². The van der Waals surface area contributed by atoms with Gasteiger partial charge in [0.15, 0.2) is 11.5 Å². The predicted molar refractivity (Wildman–Crippen MR) is 68.3 cm³/mol. The van der Waals surface area contributed by atoms with Gasteiger partial charge in [-0.05, 0) is 24.3 Å². The first kappa shape index (κ1) is 12.0. The number of hydrogen-bond acceptors (Lipinski definition) is 3. The number of oxazole rings is 1. The third-order valence-corrected chi connectivity index (χ3v) is 3.82. The number of fused-ring (bicyclic) bond motifs is 1. The Labute approximate surface area is 101 Å². The summed E-state index contributed by atoms with van der Waals surface area (Å²) in [5, 5.41) is 10.1. The van der Waals surface area contributed by atoms with Crippen LogP contribution in [0.3, 0.4) is 0 Å². The molecule has 2 aromatic rings. The van der Waals surface area contributed by atoms with Crippen molar-refractivity contribution in [3.05, 3.63) is 23.6 Å². The molecule has 0 aliphatic rings. The maximum atomic E-state index is 10.1. The summed E-state index contributed by atoms with van der Waals surface area (Å²) in [5.74, 6) is 0.936. The molecule has 0 aliphatic carbocycles. The number of aryl methyl sites for hydroxylation is 1. The Hall–Kier alpha value is -1.51. The number of phenols is 1. The molecular weight excluding hydrogens is 214 g/mol. The molecule has 3 nitrogen and oxygen atoms in total. The highest BCUT2D eigenvalue weighted by Gasteiger charge is 2.26. The number of aromatic hydroxyl groups is 1. The third-order valence-electron chi connectivity index (χ3n) is 3.82. The topological polar surface area (TPSA) is 46.3 Å². The van der Waals surface area contributed by atoms with E-state index in [1.807, 2.05) is 13.0 Å². The third kappa shape index (κ3) is 1.90. The molecule has 0 spiro atoms. The van der Waals surface area contributed by atoms with Crippen LogP contribution in [0.25, 0.3) is 11.1 Å². The number of hydrogen-bond donors (Lipinski definition) is 1. The Morgan fingerprint density at radius 3 is 2.53 bits per heavy atom. The van der Waals surface area contributed by atoms with Crippen LogP contribution >= 0.6 is 0 Å². The molecule has 0 saturated heterocycles. The van der Waals surface area contributed by atoms with Crippen LogP contribution < -0.4 is 0 Å². The second kappa shape index (κ2) is 4.06. The van der Waals surface area contributed by atoms with Gasteiger partial charge in [0.25, 0.3) is 0 Å². The van der Waals surface area contributed by atoms with E-state index in [2.05, 4.69) is 25.8 Å². The molecule has 0 bridgehead atoms. The zero-order valence-electron chi connectivity index (χ0n) is 10.9. The van der Waals surface area contributed by atoms with E-state index in [-0.39, 0.29) is 5.41 Å². The van der Waals surface area contributed by atoms with Crippen molar-refractivity contribution in [2.45, 2.75) is 46.0 Å². The summed E-state index contributed by atoms with van der Waals surface area (Å²) in [6, 6.07) is 3.63. The number of nitrogens with zero attached hydrogens (tertiary/aromatic N) is 1. The maximum Gasteiger partial charge on any atom is 0.192 e. The Balaban J connectivity index is 2.64. The number of phenolic OH excluding ortho intramolecular Hbond substituents is 1. The lowest BCUT2D eigenvalue weighted by atomic mass is 9.77. The summed E-state index contributed by atoms with van der Waals surface area (Å²) in [6.45, 7) is 8.26. The van der Waals surface area contributed by atoms with E-state index in [4.69, 9.17) is 4.42 Å². The minimum absolute atomic E-state index is 0.00880. The van der Waals surface area contributed by atoms with Crippen LogP contribution in [0.2, 0.25) is 0 Å². The highest BCUT2D eigenvalue weighted by atomic mass is 16.3. The highest BCUT2D eigenvalue weighted by Crippen LogP contribution is 2.38. The van der Waals surface area contributed by atoms with Gasteiger partial charge >= 0.3 is 0 Å². The molecule has 1 aromatic heterocycles. The van der Waals surface area contributed by atoms with Crippen LogP contribution in [0.1, 0.15) is 45.1 Å². The van der Waals surface area contributed by atoms with Gasteiger partial charge in [0.2, 0.25) is 0 Å². The predicted octanol–water partition coefficient (Wildman–Crippen LogP) is 3.92. The van der Waals surface area contributed by atoms with Crippen LogP contribution in [0.4, 0.5) is 0 Å². The zero-order chi connectivity index (χ0) is 12.6. The highest BCUT2D eigenvalue weighted by molar-refractivity contribution is 5.76. The molecule has 1 N–H and O–H groups in total. The molecule has 0 amide bonds. The minimum atomic E-state index is -0.00880. The van der Waals surface area contributed by atoms with E-state index in [9.17, 15) is 5.11 Å². The van der Waals surface area contributed by atoms with Crippen molar-refractivity contribution in [2.75, 3.05) is 0 Å². The van der Waals surface area contributed by atoms with Crippen molar-refractivity contribution in [1.82, 2.24) is 4.98 Å². The fraction of sp³-hybridized carbons (Fsp3) is 0.500. The molecule has 0 saturated carbocycles. The summed E-state index contributed by atoms with van der Waals surface area (Å²) in [7, 11) is 0. The van der Waals surface area contributed by atoms with Gasteiger partial charge in [-0.25, -0.2) is 4.98 Å². The van der Waals surface area contributed by atoms with Gasteiger partial charge in [-0.1, -0.05) is 20.8 Å². The van der Waals surface area contributed by atoms with Crippen molar-refractivity contribution < 1.29 is 9.52 Å². The van der Waals surface area contributed by atoms with Crippen molar-refractivity contribution >= 4 is 11.1 Å². The fourth-order valence-corrected chi connectivity index (χ4v) is 2.19. The number of benzene rings is 1. The average molecular weight is 233 g/mol. The summed E-state index contributed by atoms with van der Waals surface area (Å²) in [5.41, 5.74) is 2.43. The first-order valence-electron chi connectivity index (χ1n) is 6.11. The zero-order valence-corrected chi connectivity index (χ0v) is 10.9. The number of aromatic nitrogens is 1. The van der Waals surface area contributed by atoms with E-state index in [1.165, 1.54) is 0 Å². The van der Waals surface area contributed by atoms with Crippen LogP contribution in [-0.2, 0) is 5.41 Å². The van der Waals surface area contributed by atoms with Gasteiger partial charge in [-0.2, -0.15) is 0 Å². The van der Waals surface area contributed by atoms with Crippen molar-refractivity contribution in [1.29, 1.82) is 0 Å². The average Bonchev–Trinajstić information content (AvgIpc) is 2.66. The molecule has 0 unspecified atom stereocenters. The number of rotatable bonds is 3. The molecule has 0 fully saturated rings. The van der Waals surface area contributed by atoms with Gasteiger partial charge in [-0.3, -0.25) is 0 Å². The van der Waals surface area contributed by atoms with E-state index in [0.29, 0.717) is 17.2 Å². The smallest absolute Gasteiger partial charge is 0.192 e. The van der Waals surface area contributed by atoms with E-state index in [1.54, 1.807) is 6.07 Å². The Kier molecular flexibility index (Phi) is 2.86. The van der Waals surface area contributed by atoms with Crippen molar-refractivity contribution in [3.8, 4) is 5.75 Å².